The summed E-state index contributed by atoms with van der Waals surface area (Å²) in [6.45, 7) is 6.12. The number of hydrogen-bond acceptors (Lipinski definition) is 1. The largest absolute Gasteiger partial charge is 0.378 e. The second-order valence-electron chi connectivity index (χ2n) is 4.86. The van der Waals surface area contributed by atoms with Crippen LogP contribution in [0.1, 0.15) is 29.7 Å². The Bertz CT molecular complexity index is 595. The van der Waals surface area contributed by atoms with Crippen molar-refractivity contribution in [3.8, 4) is 0 Å². The third-order valence-corrected chi connectivity index (χ3v) is 3.79. The molecule has 0 aliphatic carbocycles. The van der Waals surface area contributed by atoms with E-state index in [0.29, 0.717) is 4.47 Å². The lowest BCUT2D eigenvalue weighted by molar-refractivity contribution is 0.620. The minimum Gasteiger partial charge on any atom is -0.378 e. The third-order valence-electron chi connectivity index (χ3n) is 3.18. The molecule has 0 aliphatic heterocycles. The molecule has 1 nitrogen and oxygen atoms in total. The van der Waals surface area contributed by atoms with Crippen LogP contribution in [0.3, 0.4) is 0 Å². The minimum atomic E-state index is -0.246. The molecule has 0 fully saturated rings. The van der Waals surface area contributed by atoms with Crippen molar-refractivity contribution in [1.82, 2.24) is 0 Å². The molecule has 1 N–H and O–H groups in total. The molecule has 19 heavy (non-hydrogen) atoms. The van der Waals surface area contributed by atoms with Crippen LogP contribution in [0.15, 0.2) is 40.9 Å². The third kappa shape index (κ3) is 3.35. The highest BCUT2D eigenvalue weighted by atomic mass is 79.9. The van der Waals surface area contributed by atoms with E-state index in [1.807, 2.05) is 13.0 Å². The van der Waals surface area contributed by atoms with Crippen LogP contribution in [0, 0.1) is 19.7 Å². The molecule has 3 heteroatoms. The second-order valence-corrected chi connectivity index (χ2v) is 5.72. The molecule has 1 atom stereocenters. The predicted octanol–water partition coefficient (Wildman–Crippen LogP) is 5.38. The Morgan fingerprint density at radius 2 is 1.89 bits per heavy atom. The summed E-state index contributed by atoms with van der Waals surface area (Å²) in [6.07, 6.45) is 0. The molecule has 2 aromatic rings. The molecule has 0 spiro atoms. The van der Waals surface area contributed by atoms with Crippen LogP contribution in [0.25, 0.3) is 0 Å². The van der Waals surface area contributed by atoms with E-state index in [1.54, 1.807) is 6.07 Å². The van der Waals surface area contributed by atoms with Gasteiger partial charge in [-0.2, -0.15) is 0 Å². The smallest absolute Gasteiger partial charge is 0.139 e. The van der Waals surface area contributed by atoms with E-state index in [2.05, 4.69) is 53.3 Å². The first-order valence-corrected chi connectivity index (χ1v) is 7.05. The summed E-state index contributed by atoms with van der Waals surface area (Å²) in [5, 5.41) is 3.36. The first kappa shape index (κ1) is 14.1. The van der Waals surface area contributed by atoms with Crippen molar-refractivity contribution < 1.29 is 4.39 Å². The lowest BCUT2D eigenvalue weighted by Crippen LogP contribution is -2.08. The highest BCUT2D eigenvalue weighted by Crippen LogP contribution is 2.27. The maximum Gasteiger partial charge on any atom is 0.139 e. The second kappa shape index (κ2) is 5.74. The first-order chi connectivity index (χ1) is 8.97. The zero-order chi connectivity index (χ0) is 14.0. The van der Waals surface area contributed by atoms with Crippen LogP contribution in [0.4, 0.5) is 10.1 Å². The Balaban J connectivity index is 2.24. The fourth-order valence-electron chi connectivity index (χ4n) is 2.06. The fourth-order valence-corrected chi connectivity index (χ4v) is 2.52. The maximum absolute atomic E-state index is 13.6. The molecule has 0 heterocycles. The van der Waals surface area contributed by atoms with Gasteiger partial charge in [0.05, 0.1) is 4.47 Å². The van der Waals surface area contributed by atoms with Crippen LogP contribution in [0.5, 0.6) is 0 Å². The summed E-state index contributed by atoms with van der Waals surface area (Å²) in [7, 11) is 0. The van der Waals surface area contributed by atoms with E-state index < -0.39 is 0 Å². The normalized spacial score (nSPS) is 12.3. The van der Waals surface area contributed by atoms with E-state index in [9.17, 15) is 4.39 Å². The van der Waals surface area contributed by atoms with Gasteiger partial charge in [0.25, 0.3) is 0 Å². The summed E-state index contributed by atoms with van der Waals surface area (Å²) >= 11 is 3.20. The van der Waals surface area contributed by atoms with E-state index in [1.165, 1.54) is 17.2 Å². The van der Waals surface area contributed by atoms with Gasteiger partial charge >= 0.3 is 0 Å². The number of benzene rings is 2. The van der Waals surface area contributed by atoms with Crippen molar-refractivity contribution in [2.24, 2.45) is 0 Å². The minimum absolute atomic E-state index is 0.138. The van der Waals surface area contributed by atoms with Crippen molar-refractivity contribution in [2.45, 2.75) is 26.8 Å². The molecule has 0 aromatic heterocycles. The van der Waals surface area contributed by atoms with Gasteiger partial charge < -0.3 is 5.32 Å². The molecule has 100 valence electrons. The predicted molar refractivity (Wildman–Crippen MR) is 82.1 cm³/mol. The molecule has 0 amide bonds. The quantitative estimate of drug-likeness (QED) is 0.800. The van der Waals surface area contributed by atoms with Gasteiger partial charge in [-0.3, -0.25) is 0 Å². The molecule has 1 unspecified atom stereocenters. The molecule has 2 aromatic carbocycles. The number of halogens is 2. The Morgan fingerprint density at radius 3 is 2.58 bits per heavy atom. The zero-order valence-electron chi connectivity index (χ0n) is 11.3. The van der Waals surface area contributed by atoms with Crippen molar-refractivity contribution in [2.75, 3.05) is 5.32 Å². The maximum atomic E-state index is 13.6. The van der Waals surface area contributed by atoms with Gasteiger partial charge in [0.1, 0.15) is 5.82 Å². The zero-order valence-corrected chi connectivity index (χ0v) is 12.9. The molecular weight excluding hydrogens is 305 g/mol. The summed E-state index contributed by atoms with van der Waals surface area (Å²) in [4.78, 5) is 0. The van der Waals surface area contributed by atoms with E-state index in [0.717, 1.165) is 11.3 Å². The average molecular weight is 322 g/mol. The van der Waals surface area contributed by atoms with Crippen LogP contribution in [0.2, 0.25) is 0 Å². The van der Waals surface area contributed by atoms with Gasteiger partial charge in [-0.05, 0) is 60.0 Å². The van der Waals surface area contributed by atoms with Gasteiger partial charge in [-0.25, -0.2) is 4.39 Å². The SMILES string of the molecule is Cc1cccc(C(C)Nc2cc(F)c(Br)cc2C)c1. The van der Waals surface area contributed by atoms with Crippen LogP contribution in [-0.2, 0) is 0 Å². The molecule has 0 radical (unpaired) electrons. The topological polar surface area (TPSA) is 12.0 Å². The first-order valence-electron chi connectivity index (χ1n) is 6.26. The summed E-state index contributed by atoms with van der Waals surface area (Å²) < 4.78 is 14.1. The monoisotopic (exact) mass is 321 g/mol. The summed E-state index contributed by atoms with van der Waals surface area (Å²) in [5.41, 5.74) is 4.27. The van der Waals surface area contributed by atoms with Gasteiger partial charge in [0.2, 0.25) is 0 Å². The molecule has 0 saturated heterocycles. The van der Waals surface area contributed by atoms with Crippen LogP contribution >= 0.6 is 15.9 Å². The summed E-state index contributed by atoms with van der Waals surface area (Å²) in [6, 6.07) is 11.8. The average Bonchev–Trinajstić information content (AvgIpc) is 2.36. The van der Waals surface area contributed by atoms with Gasteiger partial charge in [-0.15, -0.1) is 0 Å². The summed E-state index contributed by atoms with van der Waals surface area (Å²) in [5.74, 6) is -0.246. The van der Waals surface area contributed by atoms with Crippen molar-refractivity contribution in [3.05, 3.63) is 63.4 Å². The van der Waals surface area contributed by atoms with Crippen LogP contribution < -0.4 is 5.32 Å². The van der Waals surface area contributed by atoms with Crippen LogP contribution in [-0.4, -0.2) is 0 Å². The number of hydrogen-bond donors (Lipinski definition) is 1. The lowest BCUT2D eigenvalue weighted by Gasteiger charge is -2.18. The molecule has 0 bridgehead atoms. The van der Waals surface area contributed by atoms with Gasteiger partial charge in [0.15, 0.2) is 0 Å². The fraction of sp³-hybridized carbons (Fsp3) is 0.250. The Hall–Kier alpha value is -1.35. The number of nitrogens with one attached hydrogen (secondary N) is 1. The van der Waals surface area contributed by atoms with Gasteiger partial charge in [0, 0.05) is 11.7 Å². The Labute approximate surface area is 122 Å². The lowest BCUT2D eigenvalue weighted by atomic mass is 10.0. The standard InChI is InChI=1S/C16H17BrFN/c1-10-5-4-6-13(7-10)12(3)19-16-9-15(18)14(17)8-11(16)2/h4-9,12,19H,1-3H3. The highest BCUT2D eigenvalue weighted by molar-refractivity contribution is 9.10. The van der Waals surface area contributed by atoms with Gasteiger partial charge in [-0.1, -0.05) is 29.8 Å². The molecule has 0 saturated carbocycles. The Kier molecular flexibility index (Phi) is 4.25. The van der Waals surface area contributed by atoms with Crippen molar-refractivity contribution in [1.29, 1.82) is 0 Å². The van der Waals surface area contributed by atoms with Crippen molar-refractivity contribution in [3.63, 3.8) is 0 Å². The number of anilines is 1. The van der Waals surface area contributed by atoms with E-state index in [-0.39, 0.29) is 11.9 Å². The van der Waals surface area contributed by atoms with E-state index in [4.69, 9.17) is 0 Å². The molecule has 2 rings (SSSR count). The highest BCUT2D eigenvalue weighted by Gasteiger charge is 2.09. The van der Waals surface area contributed by atoms with Crippen molar-refractivity contribution >= 4 is 21.6 Å². The molecule has 0 aliphatic rings. The number of aryl methyl sites for hydroxylation is 2. The number of rotatable bonds is 3. The molecular formula is C16H17BrFN. The van der Waals surface area contributed by atoms with E-state index >= 15 is 0 Å². The Morgan fingerprint density at radius 1 is 1.16 bits per heavy atom.